The monoisotopic (exact) mass is 229 g/mol. The fourth-order valence-corrected chi connectivity index (χ4v) is 2.26. The van der Waals surface area contributed by atoms with Gasteiger partial charge in [-0.2, -0.15) is 0 Å². The van der Waals surface area contributed by atoms with E-state index in [1.54, 1.807) is 7.11 Å². The Labute approximate surface area is 97.4 Å². The molecule has 0 bridgehead atoms. The highest BCUT2D eigenvalue weighted by Gasteiger charge is 2.42. The van der Waals surface area contributed by atoms with Gasteiger partial charge in [-0.05, 0) is 31.7 Å². The first-order valence-electron chi connectivity index (χ1n) is 6.01. The minimum atomic E-state index is -0.775. The molecule has 1 aliphatic carbocycles. The predicted molar refractivity (Wildman–Crippen MR) is 62.5 cm³/mol. The minimum Gasteiger partial charge on any atom is -0.480 e. The highest BCUT2D eigenvalue weighted by Crippen LogP contribution is 2.30. The smallest absolute Gasteiger partial charge is 0.323 e. The largest absolute Gasteiger partial charge is 0.480 e. The topological polar surface area (TPSA) is 58.6 Å². The Bertz CT molecular complexity index is 242. The molecule has 2 unspecified atom stereocenters. The van der Waals surface area contributed by atoms with Crippen molar-refractivity contribution in [2.45, 2.75) is 51.2 Å². The third-order valence-electron chi connectivity index (χ3n) is 3.30. The summed E-state index contributed by atoms with van der Waals surface area (Å²) in [6.45, 7) is 4.90. The van der Waals surface area contributed by atoms with E-state index in [2.05, 4.69) is 19.2 Å². The molecule has 0 aromatic carbocycles. The molecular formula is C12H23NO3. The van der Waals surface area contributed by atoms with Crippen molar-refractivity contribution in [1.29, 1.82) is 0 Å². The third kappa shape index (κ3) is 3.19. The first-order valence-corrected chi connectivity index (χ1v) is 6.01. The van der Waals surface area contributed by atoms with Gasteiger partial charge in [0.25, 0.3) is 0 Å². The average molecular weight is 229 g/mol. The van der Waals surface area contributed by atoms with Gasteiger partial charge in [-0.3, -0.25) is 4.79 Å². The van der Waals surface area contributed by atoms with Crippen molar-refractivity contribution in [3.63, 3.8) is 0 Å². The molecule has 2 atom stereocenters. The molecule has 0 aliphatic heterocycles. The Morgan fingerprint density at radius 2 is 2.31 bits per heavy atom. The Morgan fingerprint density at radius 3 is 2.81 bits per heavy atom. The lowest BCUT2D eigenvalue weighted by Crippen LogP contribution is -2.56. The molecule has 1 saturated carbocycles. The van der Waals surface area contributed by atoms with Crippen LogP contribution in [-0.4, -0.2) is 36.4 Å². The van der Waals surface area contributed by atoms with Crippen LogP contribution in [-0.2, 0) is 9.53 Å². The van der Waals surface area contributed by atoms with Crippen LogP contribution in [0.25, 0.3) is 0 Å². The summed E-state index contributed by atoms with van der Waals surface area (Å²) in [5, 5.41) is 12.6. The van der Waals surface area contributed by atoms with Crippen LogP contribution in [0.15, 0.2) is 0 Å². The first-order chi connectivity index (χ1) is 7.50. The standard InChI is InChI=1S/C12H23NO3/c1-9(2)8-13-12(11(14)15)6-4-5-10(7-12)16-3/h9-10,13H,4-8H2,1-3H3,(H,14,15). The zero-order chi connectivity index (χ0) is 12.2. The van der Waals surface area contributed by atoms with Crippen LogP contribution in [0.2, 0.25) is 0 Å². The minimum absolute atomic E-state index is 0.0736. The second-order valence-electron chi connectivity index (χ2n) is 5.12. The molecule has 0 amide bonds. The van der Waals surface area contributed by atoms with E-state index in [0.717, 1.165) is 19.4 Å². The van der Waals surface area contributed by atoms with Crippen molar-refractivity contribution in [2.75, 3.05) is 13.7 Å². The molecule has 16 heavy (non-hydrogen) atoms. The SMILES string of the molecule is COC1CCCC(NCC(C)C)(C(=O)O)C1. The third-order valence-corrected chi connectivity index (χ3v) is 3.30. The highest BCUT2D eigenvalue weighted by atomic mass is 16.5. The average Bonchev–Trinajstić information content (AvgIpc) is 2.26. The molecule has 0 spiro atoms. The van der Waals surface area contributed by atoms with Crippen LogP contribution in [0.4, 0.5) is 0 Å². The number of carbonyl (C=O) groups is 1. The molecule has 0 saturated heterocycles. The molecule has 94 valence electrons. The molecule has 2 N–H and O–H groups in total. The van der Waals surface area contributed by atoms with Gasteiger partial charge in [0.15, 0.2) is 0 Å². The molecule has 0 aromatic heterocycles. The van der Waals surface area contributed by atoms with E-state index >= 15 is 0 Å². The number of nitrogens with one attached hydrogen (secondary N) is 1. The van der Waals surface area contributed by atoms with Gasteiger partial charge in [0.1, 0.15) is 5.54 Å². The first kappa shape index (κ1) is 13.5. The van der Waals surface area contributed by atoms with Gasteiger partial charge in [-0.25, -0.2) is 0 Å². The van der Waals surface area contributed by atoms with Crippen LogP contribution < -0.4 is 5.32 Å². The molecule has 0 heterocycles. The molecule has 0 radical (unpaired) electrons. The summed E-state index contributed by atoms with van der Waals surface area (Å²) in [5.41, 5.74) is -0.775. The maximum Gasteiger partial charge on any atom is 0.323 e. The predicted octanol–water partition coefficient (Wildman–Crippen LogP) is 1.64. The number of hydrogen-bond acceptors (Lipinski definition) is 3. The Hall–Kier alpha value is -0.610. The van der Waals surface area contributed by atoms with Gasteiger partial charge in [-0.15, -0.1) is 0 Å². The van der Waals surface area contributed by atoms with E-state index in [0.29, 0.717) is 18.8 Å². The summed E-state index contributed by atoms with van der Waals surface area (Å²) in [6.07, 6.45) is 3.23. The van der Waals surface area contributed by atoms with Crippen LogP contribution in [0.3, 0.4) is 0 Å². The van der Waals surface area contributed by atoms with Crippen molar-refractivity contribution in [3.05, 3.63) is 0 Å². The lowest BCUT2D eigenvalue weighted by atomic mass is 9.79. The molecule has 0 aromatic rings. The van der Waals surface area contributed by atoms with Gasteiger partial charge in [0.05, 0.1) is 6.10 Å². The maximum absolute atomic E-state index is 11.4. The van der Waals surface area contributed by atoms with E-state index in [-0.39, 0.29) is 6.10 Å². The van der Waals surface area contributed by atoms with Crippen molar-refractivity contribution in [1.82, 2.24) is 5.32 Å². The number of rotatable bonds is 5. The fraction of sp³-hybridized carbons (Fsp3) is 0.917. The number of carboxylic acid groups (broad SMARTS) is 1. The zero-order valence-corrected chi connectivity index (χ0v) is 10.5. The summed E-state index contributed by atoms with van der Waals surface area (Å²) >= 11 is 0. The Balaban J connectivity index is 2.67. The summed E-state index contributed by atoms with van der Waals surface area (Å²) < 4.78 is 5.30. The number of methoxy groups -OCH3 is 1. The van der Waals surface area contributed by atoms with Crippen LogP contribution in [0.5, 0.6) is 0 Å². The normalized spacial score (nSPS) is 30.6. The number of hydrogen-bond donors (Lipinski definition) is 2. The van der Waals surface area contributed by atoms with Crippen LogP contribution in [0.1, 0.15) is 39.5 Å². The number of aliphatic carboxylic acids is 1. The summed E-state index contributed by atoms with van der Waals surface area (Å²) in [7, 11) is 1.66. The molecular weight excluding hydrogens is 206 g/mol. The number of ether oxygens (including phenoxy) is 1. The van der Waals surface area contributed by atoms with E-state index in [1.165, 1.54) is 0 Å². The molecule has 1 aliphatic rings. The van der Waals surface area contributed by atoms with Crippen LogP contribution in [0, 0.1) is 5.92 Å². The van der Waals surface area contributed by atoms with Gasteiger partial charge in [0.2, 0.25) is 0 Å². The van der Waals surface area contributed by atoms with Crippen molar-refractivity contribution in [2.24, 2.45) is 5.92 Å². The Morgan fingerprint density at radius 1 is 1.62 bits per heavy atom. The van der Waals surface area contributed by atoms with Gasteiger partial charge in [0, 0.05) is 13.5 Å². The number of carboxylic acids is 1. The second kappa shape index (κ2) is 5.64. The maximum atomic E-state index is 11.4. The molecule has 1 rings (SSSR count). The van der Waals surface area contributed by atoms with Gasteiger partial charge < -0.3 is 15.2 Å². The van der Waals surface area contributed by atoms with E-state index < -0.39 is 11.5 Å². The second-order valence-corrected chi connectivity index (χ2v) is 5.12. The quantitative estimate of drug-likeness (QED) is 0.752. The van der Waals surface area contributed by atoms with E-state index in [4.69, 9.17) is 4.74 Å². The van der Waals surface area contributed by atoms with E-state index in [1.807, 2.05) is 0 Å². The van der Waals surface area contributed by atoms with Crippen LogP contribution >= 0.6 is 0 Å². The van der Waals surface area contributed by atoms with Gasteiger partial charge in [-0.1, -0.05) is 13.8 Å². The molecule has 4 heteroatoms. The highest BCUT2D eigenvalue weighted by molar-refractivity contribution is 5.79. The summed E-state index contributed by atoms with van der Waals surface area (Å²) in [5.74, 6) is -0.283. The molecule has 1 fully saturated rings. The van der Waals surface area contributed by atoms with Gasteiger partial charge >= 0.3 is 5.97 Å². The lowest BCUT2D eigenvalue weighted by Gasteiger charge is -2.38. The van der Waals surface area contributed by atoms with Crippen molar-refractivity contribution in [3.8, 4) is 0 Å². The van der Waals surface area contributed by atoms with E-state index in [9.17, 15) is 9.90 Å². The summed E-state index contributed by atoms with van der Waals surface area (Å²) in [4.78, 5) is 11.4. The van der Waals surface area contributed by atoms with Crippen molar-refractivity contribution < 1.29 is 14.6 Å². The summed E-state index contributed by atoms with van der Waals surface area (Å²) in [6, 6.07) is 0. The lowest BCUT2D eigenvalue weighted by molar-refractivity contribution is -0.148. The Kier molecular flexibility index (Phi) is 4.74. The fourth-order valence-electron chi connectivity index (χ4n) is 2.26. The van der Waals surface area contributed by atoms with Crippen molar-refractivity contribution >= 4 is 5.97 Å². The zero-order valence-electron chi connectivity index (χ0n) is 10.5. The molecule has 4 nitrogen and oxygen atoms in total.